The molecule has 3 rings (SSSR count). The lowest BCUT2D eigenvalue weighted by Crippen LogP contribution is -2.34. The highest BCUT2D eigenvalue weighted by Gasteiger charge is 2.27. The van der Waals surface area contributed by atoms with E-state index in [1.54, 1.807) is 4.40 Å². The van der Waals surface area contributed by atoms with Gasteiger partial charge in [0, 0.05) is 30.6 Å². The molecule has 0 fully saturated rings. The summed E-state index contributed by atoms with van der Waals surface area (Å²) in [6, 6.07) is 9.51. The van der Waals surface area contributed by atoms with Crippen molar-refractivity contribution in [2.24, 2.45) is 0 Å². The highest BCUT2D eigenvalue weighted by molar-refractivity contribution is 7.15. The third-order valence-corrected chi connectivity index (χ3v) is 4.31. The monoisotopic (exact) mass is 331 g/mol. The van der Waals surface area contributed by atoms with Crippen molar-refractivity contribution in [2.45, 2.75) is 19.1 Å². The lowest BCUT2D eigenvalue weighted by molar-refractivity contribution is -0.119. The third kappa shape index (κ3) is 3.12. The van der Waals surface area contributed by atoms with Crippen LogP contribution in [0.25, 0.3) is 16.2 Å². The molecule has 6 nitrogen and oxygen atoms in total. The summed E-state index contributed by atoms with van der Waals surface area (Å²) >= 11 is 1.45. The van der Waals surface area contributed by atoms with Crippen LogP contribution in [0.2, 0.25) is 0 Å². The number of carbonyl (C=O) groups excluding carboxylic acids is 1. The number of nitrogens with one attached hydrogen (secondary N) is 1. The summed E-state index contributed by atoms with van der Waals surface area (Å²) in [5.41, 5.74) is 2.02. The summed E-state index contributed by atoms with van der Waals surface area (Å²) in [6.45, 7) is 1.34. The molecule has 7 heteroatoms. The van der Waals surface area contributed by atoms with Crippen LogP contribution in [0, 0.1) is 0 Å². The molecule has 1 aromatic carbocycles. The molecular weight excluding hydrogens is 314 g/mol. The van der Waals surface area contributed by atoms with Gasteiger partial charge in [0.15, 0.2) is 4.96 Å². The molecule has 0 aliphatic heterocycles. The Morgan fingerprint density at radius 2 is 2.09 bits per heavy atom. The standard InChI is InChI=1S/C16H17N3O3S/c1-10(20)17-9-12(21)15(22)14-13(11-5-3-2-4-6-11)18-16-19(14)7-8-23-16/h2-8,12,15,21-22H,9H2,1H3,(H,17,20). The van der Waals surface area contributed by atoms with Gasteiger partial charge in [0.2, 0.25) is 5.91 Å². The minimum absolute atomic E-state index is 0.0257. The number of carbonyl (C=O) groups is 1. The van der Waals surface area contributed by atoms with Gasteiger partial charge in [0.05, 0.1) is 11.4 Å². The van der Waals surface area contributed by atoms with Gasteiger partial charge in [-0.1, -0.05) is 30.3 Å². The summed E-state index contributed by atoms with van der Waals surface area (Å²) in [5.74, 6) is -0.256. The van der Waals surface area contributed by atoms with Gasteiger partial charge in [-0.3, -0.25) is 9.20 Å². The van der Waals surface area contributed by atoms with Crippen LogP contribution in [0.5, 0.6) is 0 Å². The predicted molar refractivity (Wildman–Crippen MR) is 88.2 cm³/mol. The van der Waals surface area contributed by atoms with E-state index in [9.17, 15) is 15.0 Å². The Morgan fingerprint density at radius 1 is 1.35 bits per heavy atom. The van der Waals surface area contributed by atoms with Crippen molar-refractivity contribution in [3.05, 3.63) is 47.6 Å². The number of imidazole rings is 1. The highest BCUT2D eigenvalue weighted by atomic mass is 32.1. The van der Waals surface area contributed by atoms with Crippen LogP contribution in [0.3, 0.4) is 0 Å². The van der Waals surface area contributed by atoms with Crippen molar-refractivity contribution >= 4 is 22.2 Å². The van der Waals surface area contributed by atoms with Gasteiger partial charge in [-0.15, -0.1) is 11.3 Å². The number of thiazole rings is 1. The molecule has 2 heterocycles. The van der Waals surface area contributed by atoms with Crippen LogP contribution in [-0.2, 0) is 4.79 Å². The number of benzene rings is 1. The zero-order valence-electron chi connectivity index (χ0n) is 12.5. The van der Waals surface area contributed by atoms with Crippen LogP contribution in [0.4, 0.5) is 0 Å². The van der Waals surface area contributed by atoms with Gasteiger partial charge in [-0.2, -0.15) is 0 Å². The first-order chi connectivity index (χ1) is 11.1. The van der Waals surface area contributed by atoms with Gasteiger partial charge < -0.3 is 15.5 Å². The van der Waals surface area contributed by atoms with E-state index in [-0.39, 0.29) is 12.5 Å². The molecule has 23 heavy (non-hydrogen) atoms. The average Bonchev–Trinajstić information content (AvgIpc) is 3.13. The third-order valence-electron chi connectivity index (χ3n) is 3.55. The van der Waals surface area contributed by atoms with Crippen LogP contribution < -0.4 is 5.32 Å². The smallest absolute Gasteiger partial charge is 0.216 e. The van der Waals surface area contributed by atoms with Gasteiger partial charge in [-0.05, 0) is 0 Å². The summed E-state index contributed by atoms with van der Waals surface area (Å²) in [5, 5.41) is 25.2. The molecule has 0 spiro atoms. The summed E-state index contributed by atoms with van der Waals surface area (Å²) < 4.78 is 1.77. The quantitative estimate of drug-likeness (QED) is 0.663. The Balaban J connectivity index is 2.01. The van der Waals surface area contributed by atoms with Crippen LogP contribution in [0.15, 0.2) is 41.9 Å². The summed E-state index contributed by atoms with van der Waals surface area (Å²) in [6.07, 6.45) is -0.480. The van der Waals surface area contributed by atoms with E-state index in [1.807, 2.05) is 41.9 Å². The van der Waals surface area contributed by atoms with Crippen molar-refractivity contribution < 1.29 is 15.0 Å². The molecule has 0 aliphatic rings. The Hall–Kier alpha value is -2.22. The Labute approximate surface area is 137 Å². The molecule has 2 aromatic heterocycles. The molecule has 3 N–H and O–H groups in total. The zero-order valence-corrected chi connectivity index (χ0v) is 13.3. The van der Waals surface area contributed by atoms with Gasteiger partial charge in [-0.25, -0.2) is 4.98 Å². The van der Waals surface area contributed by atoms with Crippen molar-refractivity contribution in [1.82, 2.24) is 14.7 Å². The van der Waals surface area contributed by atoms with Gasteiger partial charge in [0.25, 0.3) is 0 Å². The lowest BCUT2D eigenvalue weighted by Gasteiger charge is -2.19. The van der Waals surface area contributed by atoms with E-state index < -0.39 is 12.2 Å². The van der Waals surface area contributed by atoms with Crippen LogP contribution in [-0.4, -0.2) is 38.2 Å². The Bertz CT molecular complexity index is 812. The number of hydrogen-bond acceptors (Lipinski definition) is 5. The van der Waals surface area contributed by atoms with E-state index in [0.29, 0.717) is 11.4 Å². The number of amides is 1. The fourth-order valence-corrected chi connectivity index (χ4v) is 3.16. The predicted octanol–water partition coefficient (Wildman–Crippen LogP) is 1.59. The molecule has 2 atom stereocenters. The molecule has 0 aliphatic carbocycles. The van der Waals surface area contributed by atoms with E-state index in [1.165, 1.54) is 18.3 Å². The molecule has 0 saturated heterocycles. The summed E-state index contributed by atoms with van der Waals surface area (Å²) in [7, 11) is 0. The summed E-state index contributed by atoms with van der Waals surface area (Å²) in [4.78, 5) is 16.3. The van der Waals surface area contributed by atoms with E-state index in [4.69, 9.17) is 0 Å². The number of nitrogens with zero attached hydrogens (tertiary/aromatic N) is 2. The first-order valence-corrected chi connectivity index (χ1v) is 8.07. The Kier molecular flexibility index (Phi) is 4.42. The maximum absolute atomic E-state index is 11.0. The van der Waals surface area contributed by atoms with E-state index in [2.05, 4.69) is 10.3 Å². The molecule has 0 radical (unpaired) electrons. The molecule has 2 unspecified atom stereocenters. The number of aliphatic hydroxyl groups excluding tert-OH is 2. The second-order valence-electron chi connectivity index (χ2n) is 5.22. The van der Waals surface area contributed by atoms with Crippen molar-refractivity contribution in [1.29, 1.82) is 0 Å². The Morgan fingerprint density at radius 3 is 2.78 bits per heavy atom. The second-order valence-corrected chi connectivity index (χ2v) is 6.09. The highest BCUT2D eigenvalue weighted by Crippen LogP contribution is 2.32. The lowest BCUT2D eigenvalue weighted by atomic mass is 10.0. The van der Waals surface area contributed by atoms with E-state index >= 15 is 0 Å². The maximum atomic E-state index is 11.0. The van der Waals surface area contributed by atoms with Crippen LogP contribution >= 0.6 is 11.3 Å². The number of rotatable bonds is 5. The molecule has 0 bridgehead atoms. The van der Waals surface area contributed by atoms with Gasteiger partial charge in [0.1, 0.15) is 12.2 Å². The number of aliphatic hydroxyl groups is 2. The maximum Gasteiger partial charge on any atom is 0.216 e. The fraction of sp³-hybridized carbons (Fsp3) is 0.250. The van der Waals surface area contributed by atoms with Crippen molar-refractivity contribution in [3.8, 4) is 11.3 Å². The molecule has 1 amide bonds. The number of aromatic nitrogens is 2. The second kappa shape index (κ2) is 6.49. The van der Waals surface area contributed by atoms with Crippen molar-refractivity contribution in [3.63, 3.8) is 0 Å². The fourth-order valence-electron chi connectivity index (χ4n) is 2.44. The van der Waals surface area contributed by atoms with E-state index in [0.717, 1.165) is 10.5 Å². The SMILES string of the molecule is CC(=O)NCC(O)C(O)c1c(-c2ccccc2)nc2sccn12. The minimum Gasteiger partial charge on any atom is -0.388 e. The molecule has 120 valence electrons. The normalized spacial score (nSPS) is 13.9. The van der Waals surface area contributed by atoms with Crippen LogP contribution in [0.1, 0.15) is 18.7 Å². The average molecular weight is 331 g/mol. The van der Waals surface area contributed by atoms with Crippen molar-refractivity contribution in [2.75, 3.05) is 6.54 Å². The zero-order chi connectivity index (χ0) is 16.4. The first kappa shape index (κ1) is 15.7. The molecule has 3 aromatic rings. The number of hydrogen-bond donors (Lipinski definition) is 3. The topological polar surface area (TPSA) is 86.9 Å². The number of fused-ring (bicyclic) bond motifs is 1. The minimum atomic E-state index is -1.17. The largest absolute Gasteiger partial charge is 0.388 e. The molecular formula is C16H17N3O3S. The molecule has 0 saturated carbocycles. The van der Waals surface area contributed by atoms with Gasteiger partial charge >= 0.3 is 0 Å². The first-order valence-electron chi connectivity index (χ1n) is 7.19.